The van der Waals surface area contributed by atoms with Crippen LogP contribution >= 0.6 is 15.9 Å². The molecule has 68 valence electrons. The Morgan fingerprint density at radius 2 is 2.38 bits per heavy atom. The average molecular weight is 242 g/mol. The van der Waals surface area contributed by atoms with Crippen LogP contribution in [-0.4, -0.2) is 10.3 Å². The van der Waals surface area contributed by atoms with Crippen LogP contribution in [0.1, 0.15) is 17.5 Å². The van der Waals surface area contributed by atoms with Crippen LogP contribution in [0.3, 0.4) is 0 Å². The summed E-state index contributed by atoms with van der Waals surface area (Å²) >= 11 is 3.27. The normalized spacial score (nSPS) is 9.15. The highest BCUT2D eigenvalue weighted by Gasteiger charge is 1.96. The van der Waals surface area contributed by atoms with Gasteiger partial charge in [-0.05, 0) is 12.5 Å². The minimum Gasteiger partial charge on any atom is -0.228 e. The SMILES string of the molecule is Cc1cnc(F)cc1C#CCCBr. The lowest BCUT2D eigenvalue weighted by molar-refractivity contribution is 0.582. The zero-order valence-electron chi connectivity index (χ0n) is 7.27. The topological polar surface area (TPSA) is 12.9 Å². The first kappa shape index (κ1) is 10.2. The smallest absolute Gasteiger partial charge is 0.214 e. The molecule has 1 nitrogen and oxygen atoms in total. The summed E-state index contributed by atoms with van der Waals surface area (Å²) in [6.45, 7) is 1.87. The Morgan fingerprint density at radius 3 is 3.08 bits per heavy atom. The van der Waals surface area contributed by atoms with Crippen LogP contribution in [0, 0.1) is 24.7 Å². The van der Waals surface area contributed by atoms with Gasteiger partial charge in [0.25, 0.3) is 0 Å². The number of alkyl halides is 1. The lowest BCUT2D eigenvalue weighted by atomic mass is 10.1. The van der Waals surface area contributed by atoms with Crippen molar-refractivity contribution >= 4 is 15.9 Å². The van der Waals surface area contributed by atoms with Crippen molar-refractivity contribution in [2.75, 3.05) is 5.33 Å². The van der Waals surface area contributed by atoms with E-state index in [2.05, 4.69) is 32.8 Å². The first-order chi connectivity index (χ1) is 6.24. The average Bonchev–Trinajstić information content (AvgIpc) is 2.11. The van der Waals surface area contributed by atoms with Crippen molar-refractivity contribution in [1.82, 2.24) is 4.98 Å². The number of aromatic nitrogens is 1. The summed E-state index contributed by atoms with van der Waals surface area (Å²) in [5, 5.41) is 0.840. The highest BCUT2D eigenvalue weighted by molar-refractivity contribution is 9.09. The van der Waals surface area contributed by atoms with E-state index in [1.165, 1.54) is 12.3 Å². The maximum absolute atomic E-state index is 12.7. The summed E-state index contributed by atoms with van der Waals surface area (Å²) < 4.78 is 12.7. The maximum Gasteiger partial charge on any atom is 0.214 e. The lowest BCUT2D eigenvalue weighted by Crippen LogP contribution is -1.88. The fraction of sp³-hybridized carbons (Fsp3) is 0.300. The lowest BCUT2D eigenvalue weighted by Gasteiger charge is -1.95. The fourth-order valence-electron chi connectivity index (χ4n) is 0.838. The first-order valence-electron chi connectivity index (χ1n) is 3.91. The van der Waals surface area contributed by atoms with Gasteiger partial charge in [0.2, 0.25) is 5.95 Å². The Morgan fingerprint density at radius 1 is 1.62 bits per heavy atom. The van der Waals surface area contributed by atoms with Gasteiger partial charge in [-0.15, -0.1) is 0 Å². The second-order valence-corrected chi connectivity index (χ2v) is 3.36. The molecule has 0 saturated heterocycles. The second-order valence-electron chi connectivity index (χ2n) is 2.56. The monoisotopic (exact) mass is 241 g/mol. The number of hydrogen-bond donors (Lipinski definition) is 0. The van der Waals surface area contributed by atoms with E-state index >= 15 is 0 Å². The summed E-state index contributed by atoms with van der Waals surface area (Å²) in [5.41, 5.74) is 1.62. The Labute approximate surface area is 85.5 Å². The molecule has 0 N–H and O–H groups in total. The molecule has 1 aromatic rings. The molecule has 0 spiro atoms. The summed E-state index contributed by atoms with van der Waals surface area (Å²) in [6.07, 6.45) is 2.26. The molecule has 1 heterocycles. The van der Waals surface area contributed by atoms with Crippen LogP contribution in [0.15, 0.2) is 12.3 Å². The van der Waals surface area contributed by atoms with Crippen molar-refractivity contribution in [3.05, 3.63) is 29.3 Å². The van der Waals surface area contributed by atoms with Gasteiger partial charge in [-0.2, -0.15) is 4.39 Å². The van der Waals surface area contributed by atoms with E-state index in [4.69, 9.17) is 0 Å². The van der Waals surface area contributed by atoms with E-state index in [0.717, 1.165) is 17.3 Å². The quantitative estimate of drug-likeness (QED) is 0.419. The molecular weight excluding hydrogens is 233 g/mol. The van der Waals surface area contributed by atoms with Crippen LogP contribution < -0.4 is 0 Å². The third-order valence-electron chi connectivity index (χ3n) is 1.51. The van der Waals surface area contributed by atoms with Crippen molar-refractivity contribution in [1.29, 1.82) is 0 Å². The van der Waals surface area contributed by atoms with Crippen molar-refractivity contribution in [2.24, 2.45) is 0 Å². The Kier molecular flexibility index (Phi) is 3.91. The number of pyridine rings is 1. The van der Waals surface area contributed by atoms with Gasteiger partial charge < -0.3 is 0 Å². The number of rotatable bonds is 1. The van der Waals surface area contributed by atoms with Crippen molar-refractivity contribution < 1.29 is 4.39 Å². The zero-order valence-corrected chi connectivity index (χ0v) is 8.86. The van der Waals surface area contributed by atoms with Gasteiger partial charge in [-0.25, -0.2) is 4.98 Å². The van der Waals surface area contributed by atoms with Crippen molar-refractivity contribution in [2.45, 2.75) is 13.3 Å². The van der Waals surface area contributed by atoms with Crippen LogP contribution in [0.4, 0.5) is 4.39 Å². The number of hydrogen-bond acceptors (Lipinski definition) is 1. The maximum atomic E-state index is 12.7. The summed E-state index contributed by atoms with van der Waals surface area (Å²) in [7, 11) is 0. The summed E-state index contributed by atoms with van der Waals surface area (Å²) in [5.74, 6) is 5.34. The molecule has 0 atom stereocenters. The number of aryl methyl sites for hydroxylation is 1. The molecule has 1 aromatic heterocycles. The first-order valence-corrected chi connectivity index (χ1v) is 5.03. The highest BCUT2D eigenvalue weighted by atomic mass is 79.9. The predicted molar refractivity (Wildman–Crippen MR) is 54.2 cm³/mol. The van der Waals surface area contributed by atoms with E-state index in [9.17, 15) is 4.39 Å². The van der Waals surface area contributed by atoms with Crippen molar-refractivity contribution in [3.63, 3.8) is 0 Å². The summed E-state index contributed by atoms with van der Waals surface area (Å²) in [4.78, 5) is 3.52. The van der Waals surface area contributed by atoms with E-state index in [-0.39, 0.29) is 0 Å². The van der Waals surface area contributed by atoms with E-state index in [0.29, 0.717) is 5.56 Å². The standard InChI is InChI=1S/C10H9BrFN/c1-8-7-13-10(12)6-9(8)4-2-3-5-11/h6-7H,3,5H2,1H3. The van der Waals surface area contributed by atoms with Gasteiger partial charge in [0.1, 0.15) is 0 Å². The molecule has 0 saturated carbocycles. The molecule has 0 aliphatic carbocycles. The molecule has 0 aliphatic heterocycles. The number of halogens is 2. The van der Waals surface area contributed by atoms with Gasteiger partial charge in [0.05, 0.1) is 0 Å². The van der Waals surface area contributed by atoms with Gasteiger partial charge in [-0.3, -0.25) is 0 Å². The van der Waals surface area contributed by atoms with E-state index < -0.39 is 5.95 Å². The largest absolute Gasteiger partial charge is 0.228 e. The van der Waals surface area contributed by atoms with Gasteiger partial charge in [-0.1, -0.05) is 27.8 Å². The van der Waals surface area contributed by atoms with Gasteiger partial charge >= 0.3 is 0 Å². The van der Waals surface area contributed by atoms with E-state index in [1.54, 1.807) is 0 Å². The number of nitrogens with zero attached hydrogens (tertiary/aromatic N) is 1. The highest BCUT2D eigenvalue weighted by Crippen LogP contribution is 2.05. The molecular formula is C10H9BrFN. The Bertz CT molecular complexity index is 352. The molecule has 0 amide bonds. The van der Waals surface area contributed by atoms with Crippen LogP contribution in [0.25, 0.3) is 0 Å². The van der Waals surface area contributed by atoms with Gasteiger partial charge in [0, 0.05) is 29.6 Å². The molecule has 0 radical (unpaired) electrons. The Balaban J connectivity index is 2.89. The molecule has 0 bridgehead atoms. The van der Waals surface area contributed by atoms with Crippen molar-refractivity contribution in [3.8, 4) is 11.8 Å². The third-order valence-corrected chi connectivity index (χ3v) is 1.91. The predicted octanol–water partition coefficient (Wildman–Crippen LogP) is 2.67. The molecule has 0 aliphatic rings. The minimum absolute atomic E-state index is 0.478. The fourth-order valence-corrected chi connectivity index (χ4v) is 1.04. The van der Waals surface area contributed by atoms with E-state index in [1.807, 2.05) is 6.92 Å². The van der Waals surface area contributed by atoms with Crippen LogP contribution in [0.2, 0.25) is 0 Å². The summed E-state index contributed by atoms with van der Waals surface area (Å²) in [6, 6.07) is 1.36. The zero-order chi connectivity index (χ0) is 9.68. The molecule has 0 fully saturated rings. The molecule has 1 rings (SSSR count). The molecule has 3 heteroatoms. The Hall–Kier alpha value is -0.880. The molecule has 13 heavy (non-hydrogen) atoms. The molecule has 0 aromatic carbocycles. The van der Waals surface area contributed by atoms with Gasteiger partial charge in [0.15, 0.2) is 0 Å². The minimum atomic E-state index is -0.478. The van der Waals surface area contributed by atoms with Crippen LogP contribution in [-0.2, 0) is 0 Å². The molecule has 0 unspecified atom stereocenters. The third kappa shape index (κ3) is 3.16. The van der Waals surface area contributed by atoms with Crippen LogP contribution in [0.5, 0.6) is 0 Å². The second kappa shape index (κ2) is 4.98.